The number of halogens is 1. The van der Waals surface area contributed by atoms with Crippen LogP contribution in [-0.4, -0.2) is 28.0 Å². The van der Waals surface area contributed by atoms with Crippen LogP contribution in [0.25, 0.3) is 0 Å². The third-order valence-electron chi connectivity index (χ3n) is 2.00. The molecule has 0 amide bonds. The molecule has 3 N–H and O–H groups in total. The molecule has 0 saturated heterocycles. The molecule has 0 aliphatic rings. The lowest BCUT2D eigenvalue weighted by atomic mass is 10.0. The van der Waals surface area contributed by atoms with E-state index in [4.69, 9.17) is 5.11 Å². The Hall–Kier alpha value is -0.420. The summed E-state index contributed by atoms with van der Waals surface area (Å²) in [4.78, 5) is 0. The van der Waals surface area contributed by atoms with Gasteiger partial charge in [-0.2, -0.15) is 0 Å². The van der Waals surface area contributed by atoms with Gasteiger partial charge in [-0.3, -0.25) is 0 Å². The van der Waals surface area contributed by atoms with Gasteiger partial charge in [0.2, 0.25) is 0 Å². The Balaban J connectivity index is 2.68. The average molecular weight is 261 g/mol. The lowest BCUT2D eigenvalue weighted by Crippen LogP contribution is -2.19. The highest BCUT2D eigenvalue weighted by Gasteiger charge is 2.17. The number of aliphatic hydroxyl groups is 3. The Bertz CT molecular complexity index is 273. The number of hydrogen-bond acceptors (Lipinski definition) is 3. The summed E-state index contributed by atoms with van der Waals surface area (Å²) in [6, 6.07) is 7.05. The molecule has 0 aromatic heterocycles. The van der Waals surface area contributed by atoms with Gasteiger partial charge in [0, 0.05) is 11.1 Å². The minimum atomic E-state index is -0.935. The van der Waals surface area contributed by atoms with Crippen LogP contribution in [0.5, 0.6) is 0 Å². The third-order valence-corrected chi connectivity index (χ3v) is 2.53. The molecule has 1 aromatic rings. The quantitative estimate of drug-likeness (QED) is 0.763. The van der Waals surface area contributed by atoms with E-state index in [-0.39, 0.29) is 13.0 Å². The fraction of sp³-hybridized carbons (Fsp3) is 0.400. The summed E-state index contributed by atoms with van der Waals surface area (Å²) in [7, 11) is 0. The Morgan fingerprint density at radius 2 is 1.71 bits per heavy atom. The standard InChI is InChI=1S/C10H13BrO3/c11-8-3-1-7(2-4-8)10(14)9(13)5-6-12/h1-4,9-10,12-14H,5-6H2. The second-order valence-electron chi connectivity index (χ2n) is 3.08. The van der Waals surface area contributed by atoms with Crippen LogP contribution >= 0.6 is 15.9 Å². The molecule has 14 heavy (non-hydrogen) atoms. The van der Waals surface area contributed by atoms with E-state index in [0.717, 1.165) is 4.47 Å². The van der Waals surface area contributed by atoms with Crippen molar-refractivity contribution in [1.29, 1.82) is 0 Å². The smallest absolute Gasteiger partial charge is 0.105 e. The Kier molecular flexibility index (Phi) is 4.54. The summed E-state index contributed by atoms with van der Waals surface area (Å²) in [5.41, 5.74) is 0.647. The summed E-state index contributed by atoms with van der Waals surface area (Å²) in [5.74, 6) is 0. The first-order valence-electron chi connectivity index (χ1n) is 4.37. The number of hydrogen-bond donors (Lipinski definition) is 3. The Labute approximate surface area is 91.1 Å². The van der Waals surface area contributed by atoms with Crippen molar-refractivity contribution in [3.05, 3.63) is 34.3 Å². The van der Waals surface area contributed by atoms with E-state index >= 15 is 0 Å². The van der Waals surface area contributed by atoms with E-state index in [9.17, 15) is 10.2 Å². The highest BCUT2D eigenvalue weighted by molar-refractivity contribution is 9.10. The highest BCUT2D eigenvalue weighted by Crippen LogP contribution is 2.20. The first kappa shape index (κ1) is 11.7. The Morgan fingerprint density at radius 3 is 2.21 bits per heavy atom. The molecule has 2 unspecified atom stereocenters. The van der Waals surface area contributed by atoms with Gasteiger partial charge in [-0.25, -0.2) is 0 Å². The van der Waals surface area contributed by atoms with Crippen molar-refractivity contribution < 1.29 is 15.3 Å². The van der Waals surface area contributed by atoms with Crippen LogP contribution in [0.3, 0.4) is 0 Å². The molecule has 3 nitrogen and oxygen atoms in total. The molecule has 78 valence electrons. The number of rotatable bonds is 4. The average Bonchev–Trinajstić information content (AvgIpc) is 2.18. The van der Waals surface area contributed by atoms with Crippen molar-refractivity contribution in [1.82, 2.24) is 0 Å². The monoisotopic (exact) mass is 260 g/mol. The summed E-state index contributed by atoms with van der Waals surface area (Å²) in [6.07, 6.45) is -1.67. The first-order valence-corrected chi connectivity index (χ1v) is 5.17. The second-order valence-corrected chi connectivity index (χ2v) is 3.99. The van der Waals surface area contributed by atoms with Crippen LogP contribution in [0.4, 0.5) is 0 Å². The van der Waals surface area contributed by atoms with Gasteiger partial charge in [-0.15, -0.1) is 0 Å². The zero-order valence-electron chi connectivity index (χ0n) is 7.60. The molecule has 0 aliphatic heterocycles. The molecule has 0 radical (unpaired) electrons. The summed E-state index contributed by atoms with van der Waals surface area (Å²) in [6.45, 7) is -0.130. The first-order chi connectivity index (χ1) is 6.65. The van der Waals surface area contributed by atoms with Crippen molar-refractivity contribution in [2.75, 3.05) is 6.61 Å². The van der Waals surface area contributed by atoms with Gasteiger partial charge in [-0.1, -0.05) is 28.1 Å². The summed E-state index contributed by atoms with van der Waals surface area (Å²) in [5, 5.41) is 27.7. The van der Waals surface area contributed by atoms with Gasteiger partial charge in [0.1, 0.15) is 6.10 Å². The third kappa shape index (κ3) is 3.06. The van der Waals surface area contributed by atoms with Crippen molar-refractivity contribution in [3.63, 3.8) is 0 Å². The van der Waals surface area contributed by atoms with E-state index in [2.05, 4.69) is 15.9 Å². The zero-order valence-corrected chi connectivity index (χ0v) is 9.18. The van der Waals surface area contributed by atoms with Crippen LogP contribution in [-0.2, 0) is 0 Å². The number of benzene rings is 1. The SMILES string of the molecule is OCCC(O)C(O)c1ccc(Br)cc1. The largest absolute Gasteiger partial charge is 0.396 e. The second kappa shape index (κ2) is 5.46. The predicted molar refractivity (Wildman–Crippen MR) is 56.8 cm³/mol. The van der Waals surface area contributed by atoms with Crippen LogP contribution in [0, 0.1) is 0 Å². The molecular weight excluding hydrogens is 248 g/mol. The molecule has 0 aliphatic carbocycles. The van der Waals surface area contributed by atoms with Crippen molar-refractivity contribution in [2.24, 2.45) is 0 Å². The van der Waals surface area contributed by atoms with Gasteiger partial charge < -0.3 is 15.3 Å². The van der Waals surface area contributed by atoms with E-state index in [0.29, 0.717) is 5.56 Å². The summed E-state index contributed by atoms with van der Waals surface area (Å²) >= 11 is 3.28. The van der Waals surface area contributed by atoms with Gasteiger partial charge in [-0.05, 0) is 24.1 Å². The molecule has 0 heterocycles. The van der Waals surface area contributed by atoms with Gasteiger partial charge in [0.25, 0.3) is 0 Å². The highest BCUT2D eigenvalue weighted by atomic mass is 79.9. The Morgan fingerprint density at radius 1 is 1.14 bits per heavy atom. The fourth-order valence-corrected chi connectivity index (χ4v) is 1.44. The van der Waals surface area contributed by atoms with Crippen LogP contribution < -0.4 is 0 Å². The van der Waals surface area contributed by atoms with Crippen LogP contribution in [0.15, 0.2) is 28.7 Å². The molecule has 0 spiro atoms. The van der Waals surface area contributed by atoms with E-state index < -0.39 is 12.2 Å². The molecule has 4 heteroatoms. The number of aliphatic hydroxyl groups excluding tert-OH is 3. The summed E-state index contributed by atoms with van der Waals surface area (Å²) < 4.78 is 0.921. The van der Waals surface area contributed by atoms with Crippen LogP contribution in [0.2, 0.25) is 0 Å². The molecule has 0 bridgehead atoms. The molecule has 1 aromatic carbocycles. The van der Waals surface area contributed by atoms with E-state index in [1.54, 1.807) is 24.3 Å². The lowest BCUT2D eigenvalue weighted by molar-refractivity contribution is 0.00421. The fourth-order valence-electron chi connectivity index (χ4n) is 1.17. The minimum Gasteiger partial charge on any atom is -0.396 e. The maximum atomic E-state index is 9.63. The van der Waals surface area contributed by atoms with Gasteiger partial charge in [0.05, 0.1) is 6.10 Å². The maximum Gasteiger partial charge on any atom is 0.105 e. The lowest BCUT2D eigenvalue weighted by Gasteiger charge is -2.17. The minimum absolute atomic E-state index is 0.130. The predicted octanol–water partition coefficient (Wildman–Crippen LogP) is 1.23. The molecule has 0 saturated carbocycles. The molecular formula is C10H13BrO3. The topological polar surface area (TPSA) is 60.7 Å². The van der Waals surface area contributed by atoms with Crippen LogP contribution in [0.1, 0.15) is 18.1 Å². The van der Waals surface area contributed by atoms with Gasteiger partial charge >= 0.3 is 0 Å². The van der Waals surface area contributed by atoms with E-state index in [1.165, 1.54) is 0 Å². The molecule has 1 rings (SSSR count). The van der Waals surface area contributed by atoms with E-state index in [1.807, 2.05) is 0 Å². The molecule has 0 fully saturated rings. The molecule has 2 atom stereocenters. The van der Waals surface area contributed by atoms with Crippen molar-refractivity contribution in [3.8, 4) is 0 Å². The maximum absolute atomic E-state index is 9.63. The van der Waals surface area contributed by atoms with Gasteiger partial charge in [0.15, 0.2) is 0 Å². The normalized spacial score (nSPS) is 15.1. The van der Waals surface area contributed by atoms with Crippen molar-refractivity contribution >= 4 is 15.9 Å². The van der Waals surface area contributed by atoms with Crippen molar-refractivity contribution in [2.45, 2.75) is 18.6 Å². The zero-order chi connectivity index (χ0) is 10.6.